The monoisotopic (exact) mass is 338 g/mol. The van der Waals surface area contributed by atoms with Crippen LogP contribution in [-0.2, 0) is 0 Å². The first-order valence-corrected chi connectivity index (χ1v) is 7.92. The van der Waals surface area contributed by atoms with Crippen molar-refractivity contribution in [2.75, 3.05) is 31.2 Å². The standard InChI is InChI=1S/C17H20ClFN2O2/c1-16(9-22)7-21(8-17(16,2)10-23)15-3-4-20-14-6-12(18)13(19)5-11(14)15/h3-6,22-23H,7-10H2,1-2H3/t16-,17+. The molecule has 2 atom stereocenters. The minimum atomic E-state index is -0.484. The zero-order chi connectivity index (χ0) is 16.8. The number of hydrogen-bond donors (Lipinski definition) is 2. The van der Waals surface area contributed by atoms with Crippen LogP contribution in [0.1, 0.15) is 13.8 Å². The van der Waals surface area contributed by atoms with Gasteiger partial charge >= 0.3 is 0 Å². The minimum absolute atomic E-state index is 0.0240. The largest absolute Gasteiger partial charge is 0.396 e. The Morgan fingerprint density at radius 3 is 2.39 bits per heavy atom. The van der Waals surface area contributed by atoms with Crippen LogP contribution in [-0.4, -0.2) is 41.5 Å². The van der Waals surface area contributed by atoms with Crippen molar-refractivity contribution in [3.63, 3.8) is 0 Å². The molecule has 6 heteroatoms. The predicted molar refractivity (Wildman–Crippen MR) is 89.3 cm³/mol. The lowest BCUT2D eigenvalue weighted by molar-refractivity contribution is 0.00976. The van der Waals surface area contributed by atoms with Crippen LogP contribution in [0.3, 0.4) is 0 Å². The third-order valence-corrected chi connectivity index (χ3v) is 5.63. The summed E-state index contributed by atoms with van der Waals surface area (Å²) in [6.45, 7) is 5.02. The number of fused-ring (bicyclic) bond motifs is 1. The molecule has 4 nitrogen and oxygen atoms in total. The van der Waals surface area contributed by atoms with Crippen LogP contribution < -0.4 is 4.90 Å². The number of aromatic nitrogens is 1. The fourth-order valence-corrected chi connectivity index (χ4v) is 3.49. The molecule has 0 saturated carbocycles. The van der Waals surface area contributed by atoms with Gasteiger partial charge in [0.05, 0.1) is 23.8 Å². The van der Waals surface area contributed by atoms with Crippen molar-refractivity contribution < 1.29 is 14.6 Å². The normalized spacial score (nSPS) is 27.8. The molecule has 0 spiro atoms. The molecule has 2 heterocycles. The van der Waals surface area contributed by atoms with Gasteiger partial charge in [-0.1, -0.05) is 25.4 Å². The molecule has 0 radical (unpaired) electrons. The quantitative estimate of drug-likeness (QED) is 0.903. The second-order valence-electron chi connectivity index (χ2n) is 6.91. The lowest BCUT2D eigenvalue weighted by atomic mass is 9.69. The number of hydrogen-bond acceptors (Lipinski definition) is 4. The molecule has 1 saturated heterocycles. The molecule has 0 amide bonds. The summed E-state index contributed by atoms with van der Waals surface area (Å²) in [6.07, 6.45) is 1.66. The van der Waals surface area contributed by atoms with Crippen LogP contribution in [0.5, 0.6) is 0 Å². The molecule has 1 aliphatic rings. The van der Waals surface area contributed by atoms with Crippen molar-refractivity contribution >= 4 is 28.2 Å². The first-order valence-electron chi connectivity index (χ1n) is 7.54. The predicted octanol–water partition coefficient (Wildman–Crippen LogP) is 2.84. The summed E-state index contributed by atoms with van der Waals surface area (Å²) in [4.78, 5) is 6.32. The third kappa shape index (κ3) is 2.47. The van der Waals surface area contributed by atoms with Crippen molar-refractivity contribution in [2.24, 2.45) is 10.8 Å². The van der Waals surface area contributed by atoms with Crippen molar-refractivity contribution in [1.82, 2.24) is 4.98 Å². The second-order valence-corrected chi connectivity index (χ2v) is 7.31. The van der Waals surface area contributed by atoms with Gasteiger partial charge in [0.15, 0.2) is 0 Å². The van der Waals surface area contributed by atoms with E-state index in [1.165, 1.54) is 12.1 Å². The topological polar surface area (TPSA) is 56.6 Å². The van der Waals surface area contributed by atoms with Crippen molar-refractivity contribution in [3.05, 3.63) is 35.2 Å². The van der Waals surface area contributed by atoms with Gasteiger partial charge < -0.3 is 15.1 Å². The van der Waals surface area contributed by atoms with Crippen LogP contribution in [0.15, 0.2) is 24.4 Å². The number of anilines is 1. The molecule has 1 aliphatic heterocycles. The highest BCUT2D eigenvalue weighted by molar-refractivity contribution is 6.31. The number of halogens is 2. The van der Waals surface area contributed by atoms with E-state index >= 15 is 0 Å². The molecule has 2 N–H and O–H groups in total. The van der Waals surface area contributed by atoms with Crippen molar-refractivity contribution in [1.29, 1.82) is 0 Å². The molecule has 0 aliphatic carbocycles. The molecule has 1 fully saturated rings. The average Bonchev–Trinajstić information content (AvgIpc) is 2.81. The van der Waals surface area contributed by atoms with E-state index in [0.717, 1.165) is 5.69 Å². The highest BCUT2D eigenvalue weighted by Crippen LogP contribution is 2.47. The molecule has 23 heavy (non-hydrogen) atoms. The second kappa shape index (κ2) is 5.58. The summed E-state index contributed by atoms with van der Waals surface area (Å²) in [5.74, 6) is -0.484. The number of benzene rings is 1. The van der Waals surface area contributed by atoms with E-state index in [-0.39, 0.29) is 18.2 Å². The molecule has 1 aromatic carbocycles. The third-order valence-electron chi connectivity index (χ3n) is 5.34. The Bertz CT molecular complexity index is 739. The van der Waals surface area contributed by atoms with Gasteiger partial charge in [0.25, 0.3) is 0 Å². The maximum atomic E-state index is 13.9. The molecular formula is C17H20ClFN2O2. The molecule has 124 valence electrons. The van der Waals surface area contributed by atoms with Gasteiger partial charge in [-0.3, -0.25) is 4.98 Å². The first-order chi connectivity index (χ1) is 10.8. The molecule has 1 aromatic heterocycles. The van der Waals surface area contributed by atoms with E-state index in [9.17, 15) is 14.6 Å². The van der Waals surface area contributed by atoms with Crippen LogP contribution in [0.4, 0.5) is 10.1 Å². The van der Waals surface area contributed by atoms with E-state index in [0.29, 0.717) is 24.0 Å². The average molecular weight is 339 g/mol. The van der Waals surface area contributed by atoms with Crippen LogP contribution >= 0.6 is 11.6 Å². The highest BCUT2D eigenvalue weighted by atomic mass is 35.5. The lowest BCUT2D eigenvalue weighted by Crippen LogP contribution is -2.41. The fourth-order valence-electron chi connectivity index (χ4n) is 3.33. The Balaban J connectivity index is 2.10. The minimum Gasteiger partial charge on any atom is -0.396 e. The maximum Gasteiger partial charge on any atom is 0.142 e. The number of pyridine rings is 1. The highest BCUT2D eigenvalue weighted by Gasteiger charge is 2.51. The fraction of sp³-hybridized carbons (Fsp3) is 0.471. The molecule has 3 rings (SSSR count). The van der Waals surface area contributed by atoms with Gasteiger partial charge in [-0.2, -0.15) is 0 Å². The van der Waals surface area contributed by atoms with Gasteiger partial charge in [0, 0.05) is 41.2 Å². The Hall–Kier alpha value is -1.43. The number of rotatable bonds is 3. The summed E-state index contributed by atoms with van der Waals surface area (Å²) in [5.41, 5.74) is 0.574. The van der Waals surface area contributed by atoms with Crippen LogP contribution in [0.25, 0.3) is 10.9 Å². The van der Waals surface area contributed by atoms with E-state index in [1.54, 1.807) is 6.20 Å². The van der Waals surface area contributed by atoms with E-state index < -0.39 is 16.6 Å². The van der Waals surface area contributed by atoms with Crippen LogP contribution in [0.2, 0.25) is 5.02 Å². The summed E-state index contributed by atoms with van der Waals surface area (Å²) in [6, 6.07) is 4.74. The van der Waals surface area contributed by atoms with Gasteiger partial charge in [0.1, 0.15) is 5.82 Å². The summed E-state index contributed by atoms with van der Waals surface area (Å²) >= 11 is 5.84. The Morgan fingerprint density at radius 2 is 1.83 bits per heavy atom. The Morgan fingerprint density at radius 1 is 1.22 bits per heavy atom. The SMILES string of the molecule is C[C@]1(CO)CN(c2ccnc3cc(Cl)c(F)cc23)C[C@@]1(C)CO. The number of aliphatic hydroxyl groups is 2. The molecule has 0 unspecified atom stereocenters. The number of aliphatic hydroxyl groups excluding tert-OH is 2. The van der Waals surface area contributed by atoms with Crippen LogP contribution in [0, 0.1) is 16.6 Å². The lowest BCUT2D eigenvalue weighted by Gasteiger charge is -2.36. The van der Waals surface area contributed by atoms with Gasteiger partial charge in [-0.05, 0) is 18.2 Å². The molecule has 2 aromatic rings. The van der Waals surface area contributed by atoms with Crippen molar-refractivity contribution in [2.45, 2.75) is 13.8 Å². The zero-order valence-electron chi connectivity index (χ0n) is 13.2. The zero-order valence-corrected chi connectivity index (χ0v) is 13.9. The van der Waals surface area contributed by atoms with Crippen molar-refractivity contribution in [3.8, 4) is 0 Å². The molecular weight excluding hydrogens is 319 g/mol. The Kier molecular flexibility index (Phi) is 3.99. The first kappa shape index (κ1) is 16.4. The van der Waals surface area contributed by atoms with E-state index in [4.69, 9.17) is 11.6 Å². The summed E-state index contributed by atoms with van der Waals surface area (Å²) in [5, 5.41) is 20.4. The summed E-state index contributed by atoms with van der Waals surface area (Å²) < 4.78 is 13.9. The summed E-state index contributed by atoms with van der Waals surface area (Å²) in [7, 11) is 0. The molecule has 0 bridgehead atoms. The van der Waals surface area contributed by atoms with E-state index in [1.807, 2.05) is 19.9 Å². The van der Waals surface area contributed by atoms with E-state index in [2.05, 4.69) is 9.88 Å². The van der Waals surface area contributed by atoms with Gasteiger partial charge in [-0.25, -0.2) is 4.39 Å². The smallest absolute Gasteiger partial charge is 0.142 e. The van der Waals surface area contributed by atoms with Gasteiger partial charge in [0.2, 0.25) is 0 Å². The Labute approximate surface area is 139 Å². The maximum absolute atomic E-state index is 13.9. The number of nitrogens with zero attached hydrogens (tertiary/aromatic N) is 2. The van der Waals surface area contributed by atoms with Gasteiger partial charge in [-0.15, -0.1) is 0 Å².